The van der Waals surface area contributed by atoms with Crippen LogP contribution in [0.3, 0.4) is 0 Å². The van der Waals surface area contributed by atoms with Crippen LogP contribution in [0, 0.1) is 0 Å². The SMILES string of the molecule is C=C(C)C(=O)OP(C)(=O)C(CO)[N+](C)(C)C. The fourth-order valence-corrected chi connectivity index (χ4v) is 3.49. The Kier molecular flexibility index (Phi) is 4.92. The molecule has 2 unspecified atom stereocenters. The number of carbonyl (C=O) groups excluding carboxylic acids is 1. The summed E-state index contributed by atoms with van der Waals surface area (Å²) in [6, 6.07) is 0. The van der Waals surface area contributed by atoms with E-state index in [0.29, 0.717) is 0 Å². The highest BCUT2D eigenvalue weighted by Gasteiger charge is 2.41. The van der Waals surface area contributed by atoms with Crippen LogP contribution in [0.4, 0.5) is 0 Å². The number of hydrogen-bond donors (Lipinski definition) is 1. The third-order valence-corrected chi connectivity index (χ3v) is 4.68. The van der Waals surface area contributed by atoms with Crippen LogP contribution in [-0.4, -0.2) is 55.8 Å². The van der Waals surface area contributed by atoms with Gasteiger partial charge >= 0.3 is 13.3 Å². The van der Waals surface area contributed by atoms with Gasteiger partial charge in [0, 0.05) is 12.2 Å². The number of hydrogen-bond acceptors (Lipinski definition) is 4. The lowest BCUT2D eigenvalue weighted by Crippen LogP contribution is -2.47. The Balaban J connectivity index is 4.97. The van der Waals surface area contributed by atoms with Crippen molar-refractivity contribution in [3.8, 4) is 0 Å². The molecular formula is C10H21NO4P+. The summed E-state index contributed by atoms with van der Waals surface area (Å²) in [4.78, 5) is 11.3. The molecule has 0 aliphatic carbocycles. The van der Waals surface area contributed by atoms with E-state index in [1.54, 1.807) is 21.1 Å². The third kappa shape index (κ3) is 4.08. The highest BCUT2D eigenvalue weighted by atomic mass is 31.2. The standard InChI is InChI=1S/C10H21NO4P/c1-8(2)10(13)15-16(6,14)9(7-12)11(3,4)5/h9,12H,1,7H2,2-6H3/q+1. The first-order valence-corrected chi connectivity index (χ1v) is 7.05. The van der Waals surface area contributed by atoms with Crippen molar-refractivity contribution in [2.75, 3.05) is 34.4 Å². The van der Waals surface area contributed by atoms with E-state index in [1.165, 1.54) is 13.6 Å². The van der Waals surface area contributed by atoms with Gasteiger partial charge in [-0.25, -0.2) is 4.79 Å². The smallest absolute Gasteiger partial charge is 0.338 e. The first-order chi connectivity index (χ1) is 7.02. The molecule has 0 aromatic carbocycles. The molecule has 0 rings (SSSR count). The number of rotatable bonds is 5. The molecule has 0 radical (unpaired) electrons. The van der Waals surface area contributed by atoms with Crippen LogP contribution in [-0.2, 0) is 13.9 Å². The zero-order valence-corrected chi connectivity index (χ0v) is 11.5. The van der Waals surface area contributed by atoms with E-state index in [-0.39, 0.29) is 16.7 Å². The Labute approximate surface area is 96.7 Å². The maximum atomic E-state index is 12.2. The largest absolute Gasteiger partial charge is 0.404 e. The van der Waals surface area contributed by atoms with Crippen molar-refractivity contribution in [1.82, 2.24) is 0 Å². The summed E-state index contributed by atoms with van der Waals surface area (Å²) in [7, 11) is 2.13. The molecule has 2 atom stereocenters. The molecule has 0 spiro atoms. The molecule has 0 saturated heterocycles. The number of nitrogens with zero attached hydrogens (tertiary/aromatic N) is 1. The van der Waals surface area contributed by atoms with Gasteiger partial charge in [0.25, 0.3) is 0 Å². The summed E-state index contributed by atoms with van der Waals surface area (Å²) in [6.45, 7) is 5.97. The van der Waals surface area contributed by atoms with Crippen LogP contribution >= 0.6 is 7.37 Å². The predicted molar refractivity (Wildman–Crippen MR) is 63.3 cm³/mol. The number of aliphatic hydroxyl groups excluding tert-OH is 1. The number of quaternary nitrogens is 1. The topological polar surface area (TPSA) is 63.6 Å². The molecule has 0 aromatic rings. The fraction of sp³-hybridized carbons (Fsp3) is 0.700. The van der Waals surface area contributed by atoms with E-state index in [1.807, 2.05) is 0 Å². The summed E-state index contributed by atoms with van der Waals surface area (Å²) in [5.74, 6) is -1.31. The second-order valence-electron chi connectivity index (χ2n) is 4.85. The van der Waals surface area contributed by atoms with Gasteiger partial charge in [-0.05, 0) is 6.92 Å². The average Bonchev–Trinajstić information content (AvgIpc) is 1.99. The van der Waals surface area contributed by atoms with Gasteiger partial charge in [-0.3, -0.25) is 4.57 Å². The lowest BCUT2D eigenvalue weighted by Gasteiger charge is -2.35. The molecule has 0 saturated carbocycles. The van der Waals surface area contributed by atoms with E-state index < -0.39 is 19.1 Å². The normalized spacial score (nSPS) is 17.4. The lowest BCUT2D eigenvalue weighted by molar-refractivity contribution is -0.883. The van der Waals surface area contributed by atoms with Gasteiger partial charge in [0.15, 0.2) is 5.78 Å². The summed E-state index contributed by atoms with van der Waals surface area (Å²) >= 11 is 0. The highest BCUT2D eigenvalue weighted by Crippen LogP contribution is 2.50. The first kappa shape index (κ1) is 15.4. The molecule has 1 N–H and O–H groups in total. The number of carbonyl (C=O) groups is 1. The van der Waals surface area contributed by atoms with Crippen LogP contribution in [0.2, 0.25) is 0 Å². The molecule has 0 aliphatic heterocycles. The highest BCUT2D eigenvalue weighted by molar-refractivity contribution is 7.59. The molecular weight excluding hydrogens is 229 g/mol. The maximum absolute atomic E-state index is 12.2. The zero-order valence-electron chi connectivity index (χ0n) is 10.6. The molecule has 0 aliphatic rings. The molecule has 0 fully saturated rings. The van der Waals surface area contributed by atoms with Crippen molar-refractivity contribution >= 4 is 13.3 Å². The number of likely N-dealkylation sites (N-methyl/N-ethyl adjacent to an activating group) is 1. The Morgan fingerprint density at radius 1 is 1.50 bits per heavy atom. The van der Waals surface area contributed by atoms with E-state index in [9.17, 15) is 14.5 Å². The monoisotopic (exact) mass is 250 g/mol. The van der Waals surface area contributed by atoms with Crippen LogP contribution in [0.25, 0.3) is 0 Å². The average molecular weight is 250 g/mol. The third-order valence-electron chi connectivity index (χ3n) is 2.21. The van der Waals surface area contributed by atoms with Crippen LogP contribution in [0.5, 0.6) is 0 Å². The quantitative estimate of drug-likeness (QED) is 0.450. The van der Waals surface area contributed by atoms with Gasteiger partial charge in [-0.1, -0.05) is 6.58 Å². The lowest BCUT2D eigenvalue weighted by atomic mass is 10.4. The van der Waals surface area contributed by atoms with Gasteiger partial charge in [0.2, 0.25) is 0 Å². The van der Waals surface area contributed by atoms with Gasteiger partial charge in [0.05, 0.1) is 21.1 Å². The predicted octanol–water partition coefficient (Wildman–Crippen LogP) is 1.04. The minimum Gasteiger partial charge on any atom is -0.404 e. The Hall–Kier alpha value is -0.640. The van der Waals surface area contributed by atoms with Gasteiger partial charge < -0.3 is 14.1 Å². The van der Waals surface area contributed by atoms with Crippen molar-refractivity contribution in [3.05, 3.63) is 12.2 Å². The van der Waals surface area contributed by atoms with E-state index >= 15 is 0 Å². The first-order valence-electron chi connectivity index (χ1n) is 4.91. The van der Waals surface area contributed by atoms with Crippen molar-refractivity contribution in [2.45, 2.75) is 12.7 Å². The van der Waals surface area contributed by atoms with Gasteiger partial charge in [0.1, 0.15) is 6.61 Å². The van der Waals surface area contributed by atoms with Crippen molar-refractivity contribution in [1.29, 1.82) is 0 Å². The Bertz CT molecular complexity index is 332. The second-order valence-corrected chi connectivity index (χ2v) is 7.44. The van der Waals surface area contributed by atoms with E-state index in [4.69, 9.17) is 4.52 Å². The van der Waals surface area contributed by atoms with Crippen molar-refractivity contribution < 1.29 is 23.5 Å². The van der Waals surface area contributed by atoms with Gasteiger partial charge in [-0.2, -0.15) is 0 Å². The fourth-order valence-electron chi connectivity index (χ4n) is 1.33. The zero-order chi connectivity index (χ0) is 13.1. The minimum atomic E-state index is -3.22. The van der Waals surface area contributed by atoms with Crippen LogP contribution in [0.15, 0.2) is 12.2 Å². The second kappa shape index (κ2) is 5.13. The molecule has 5 nitrogen and oxygen atoms in total. The Morgan fingerprint density at radius 3 is 2.19 bits per heavy atom. The van der Waals surface area contributed by atoms with Crippen molar-refractivity contribution in [2.24, 2.45) is 0 Å². The summed E-state index contributed by atoms with van der Waals surface area (Å²) in [6.07, 6.45) is 0. The summed E-state index contributed by atoms with van der Waals surface area (Å²) in [5.41, 5.74) is 0.195. The minimum absolute atomic E-state index is 0.195. The molecule has 0 aromatic heterocycles. The molecule has 0 heterocycles. The molecule has 0 bridgehead atoms. The summed E-state index contributed by atoms with van der Waals surface area (Å²) < 4.78 is 17.4. The molecule has 0 amide bonds. The van der Waals surface area contributed by atoms with Crippen LogP contribution < -0.4 is 0 Å². The van der Waals surface area contributed by atoms with Gasteiger partial charge in [-0.15, -0.1) is 0 Å². The van der Waals surface area contributed by atoms with Crippen LogP contribution in [0.1, 0.15) is 6.92 Å². The summed E-state index contributed by atoms with van der Waals surface area (Å²) in [5, 5.41) is 9.25. The number of aliphatic hydroxyl groups is 1. The van der Waals surface area contributed by atoms with E-state index in [0.717, 1.165) is 0 Å². The molecule has 16 heavy (non-hydrogen) atoms. The molecule has 6 heteroatoms. The maximum Gasteiger partial charge on any atom is 0.338 e. The molecule has 94 valence electrons. The van der Waals surface area contributed by atoms with E-state index in [2.05, 4.69) is 6.58 Å². The Morgan fingerprint density at radius 2 is 1.94 bits per heavy atom. The van der Waals surface area contributed by atoms with Crippen molar-refractivity contribution in [3.63, 3.8) is 0 Å².